The van der Waals surface area contributed by atoms with Crippen molar-refractivity contribution in [2.45, 2.75) is 19.9 Å². The molecule has 168 valence electrons. The summed E-state index contributed by atoms with van der Waals surface area (Å²) in [7, 11) is -3.71. The van der Waals surface area contributed by atoms with Crippen molar-refractivity contribution in [3.8, 4) is 0 Å². The first-order valence-corrected chi connectivity index (χ1v) is 12.0. The fraction of sp³-hybridized carbons (Fsp3) is 0.292. The minimum Gasteiger partial charge on any atom is -0.379 e. The van der Waals surface area contributed by atoms with Crippen LogP contribution in [0, 0.1) is 6.92 Å². The second kappa shape index (κ2) is 9.28. The largest absolute Gasteiger partial charge is 0.379 e. The number of hydrogen-bond acceptors (Lipinski definition) is 4. The molecular weight excluding hydrogens is 426 g/mol. The highest BCUT2D eigenvalue weighted by atomic mass is 32.2. The van der Waals surface area contributed by atoms with Gasteiger partial charge in [0.15, 0.2) is 0 Å². The van der Waals surface area contributed by atoms with E-state index >= 15 is 0 Å². The highest BCUT2D eigenvalue weighted by molar-refractivity contribution is 7.90. The lowest BCUT2D eigenvalue weighted by Gasteiger charge is -2.26. The fourth-order valence-electron chi connectivity index (χ4n) is 3.91. The van der Waals surface area contributed by atoms with Crippen LogP contribution in [0.2, 0.25) is 0 Å². The van der Waals surface area contributed by atoms with Crippen LogP contribution in [-0.2, 0) is 14.9 Å². The Balaban J connectivity index is 1.53. The SMILES string of the molecule is Cc1ccc(NS(=O)(=O)N2CCOCC2)cc1C(=O)N[C@H](C)c1cccc2ccccc12. The van der Waals surface area contributed by atoms with Crippen molar-refractivity contribution >= 4 is 32.6 Å². The number of benzene rings is 3. The van der Waals surface area contributed by atoms with E-state index in [1.54, 1.807) is 18.2 Å². The number of carbonyl (C=O) groups is 1. The molecule has 1 amide bonds. The number of carbonyl (C=O) groups excluding carboxylic acids is 1. The molecule has 0 spiro atoms. The number of morpholine rings is 1. The van der Waals surface area contributed by atoms with Gasteiger partial charge >= 0.3 is 10.2 Å². The van der Waals surface area contributed by atoms with Crippen molar-refractivity contribution in [2.24, 2.45) is 0 Å². The first kappa shape index (κ1) is 22.3. The molecule has 8 heteroatoms. The van der Waals surface area contributed by atoms with Gasteiger partial charge in [-0.2, -0.15) is 12.7 Å². The Morgan fingerprint density at radius 3 is 2.53 bits per heavy atom. The average molecular weight is 454 g/mol. The summed E-state index contributed by atoms with van der Waals surface area (Å²) in [6.07, 6.45) is 0. The molecule has 1 aliphatic rings. The molecule has 4 rings (SSSR count). The lowest BCUT2D eigenvalue weighted by atomic mass is 9.99. The molecule has 1 aliphatic heterocycles. The Kier molecular flexibility index (Phi) is 6.45. The van der Waals surface area contributed by atoms with Crippen molar-refractivity contribution in [3.63, 3.8) is 0 Å². The van der Waals surface area contributed by atoms with Gasteiger partial charge in [0, 0.05) is 18.7 Å². The van der Waals surface area contributed by atoms with E-state index in [1.165, 1.54) is 4.31 Å². The number of aryl methyl sites for hydroxylation is 1. The quantitative estimate of drug-likeness (QED) is 0.597. The van der Waals surface area contributed by atoms with E-state index < -0.39 is 10.2 Å². The average Bonchev–Trinajstić information content (AvgIpc) is 2.80. The summed E-state index contributed by atoms with van der Waals surface area (Å²) in [4.78, 5) is 13.1. The molecule has 1 fully saturated rings. The van der Waals surface area contributed by atoms with Gasteiger partial charge in [-0.25, -0.2) is 0 Å². The zero-order valence-corrected chi connectivity index (χ0v) is 19.0. The predicted molar refractivity (Wildman–Crippen MR) is 126 cm³/mol. The summed E-state index contributed by atoms with van der Waals surface area (Å²) < 4.78 is 34.5. The number of hydrogen-bond donors (Lipinski definition) is 2. The molecule has 32 heavy (non-hydrogen) atoms. The molecule has 3 aromatic carbocycles. The van der Waals surface area contributed by atoms with E-state index in [9.17, 15) is 13.2 Å². The number of nitrogens with zero attached hydrogens (tertiary/aromatic N) is 1. The first-order chi connectivity index (χ1) is 15.3. The molecule has 0 unspecified atom stereocenters. The molecule has 3 aromatic rings. The summed E-state index contributed by atoms with van der Waals surface area (Å²) >= 11 is 0. The van der Waals surface area contributed by atoms with Crippen molar-refractivity contribution in [1.29, 1.82) is 0 Å². The Bertz CT molecular complexity index is 1230. The molecule has 1 atom stereocenters. The predicted octanol–water partition coefficient (Wildman–Crippen LogP) is 3.63. The monoisotopic (exact) mass is 453 g/mol. The van der Waals surface area contributed by atoms with Gasteiger partial charge in [-0.3, -0.25) is 9.52 Å². The van der Waals surface area contributed by atoms with Gasteiger partial charge in [0.2, 0.25) is 0 Å². The molecule has 7 nitrogen and oxygen atoms in total. The van der Waals surface area contributed by atoms with Gasteiger partial charge in [-0.15, -0.1) is 0 Å². The third-order valence-electron chi connectivity index (χ3n) is 5.68. The molecule has 2 N–H and O–H groups in total. The highest BCUT2D eigenvalue weighted by Crippen LogP contribution is 2.25. The summed E-state index contributed by atoms with van der Waals surface area (Å²) in [6, 6.07) is 18.9. The van der Waals surface area contributed by atoms with Crippen LogP contribution in [-0.4, -0.2) is 44.9 Å². The lowest BCUT2D eigenvalue weighted by molar-refractivity contribution is 0.0733. The normalized spacial score (nSPS) is 15.9. The maximum Gasteiger partial charge on any atom is 0.301 e. The first-order valence-electron chi connectivity index (χ1n) is 10.6. The van der Waals surface area contributed by atoms with Crippen LogP contribution in [0.1, 0.15) is 34.5 Å². The molecule has 0 bridgehead atoms. The van der Waals surface area contributed by atoms with E-state index in [0.29, 0.717) is 37.6 Å². The van der Waals surface area contributed by atoms with Gasteiger partial charge in [-0.1, -0.05) is 48.5 Å². The molecule has 1 heterocycles. The van der Waals surface area contributed by atoms with Crippen LogP contribution in [0.25, 0.3) is 10.8 Å². The van der Waals surface area contributed by atoms with Gasteiger partial charge < -0.3 is 10.1 Å². The van der Waals surface area contributed by atoms with Crippen molar-refractivity contribution in [1.82, 2.24) is 9.62 Å². The number of amides is 1. The summed E-state index contributed by atoms with van der Waals surface area (Å²) in [6.45, 7) is 5.12. The molecular formula is C24H27N3O4S. The number of anilines is 1. The molecule has 0 radical (unpaired) electrons. The maximum absolute atomic E-state index is 13.1. The van der Waals surface area contributed by atoms with Crippen molar-refractivity contribution in [3.05, 3.63) is 77.4 Å². The van der Waals surface area contributed by atoms with Gasteiger partial charge in [-0.05, 0) is 47.9 Å². The summed E-state index contributed by atoms with van der Waals surface area (Å²) in [5.74, 6) is -0.254. The topological polar surface area (TPSA) is 87.7 Å². The van der Waals surface area contributed by atoms with Crippen LogP contribution in [0.3, 0.4) is 0 Å². The van der Waals surface area contributed by atoms with E-state index in [4.69, 9.17) is 4.74 Å². The van der Waals surface area contributed by atoms with Crippen molar-refractivity contribution < 1.29 is 17.9 Å². The number of ether oxygens (including phenoxy) is 1. The Morgan fingerprint density at radius 1 is 1.03 bits per heavy atom. The summed E-state index contributed by atoms with van der Waals surface area (Å²) in [5, 5.41) is 5.26. The highest BCUT2D eigenvalue weighted by Gasteiger charge is 2.25. The molecule has 0 aliphatic carbocycles. The standard InChI is InChI=1S/C24H27N3O4S/c1-17-10-11-20(26-32(29,30)27-12-14-31-15-13-27)16-23(17)24(28)25-18(2)21-9-5-7-19-6-3-4-8-22(19)21/h3-11,16,18,26H,12-15H2,1-2H3,(H,25,28)/t18-/m1/s1. The van der Waals surface area contributed by atoms with Gasteiger partial charge in [0.05, 0.1) is 24.9 Å². The Morgan fingerprint density at radius 2 is 1.75 bits per heavy atom. The second-order valence-electron chi connectivity index (χ2n) is 7.91. The maximum atomic E-state index is 13.1. The zero-order chi connectivity index (χ0) is 22.7. The molecule has 0 aromatic heterocycles. The third kappa shape index (κ3) is 4.77. The number of rotatable bonds is 6. The van der Waals surface area contributed by atoms with E-state index in [1.807, 2.05) is 56.3 Å². The minimum absolute atomic E-state index is 0.221. The minimum atomic E-state index is -3.71. The van der Waals surface area contributed by atoms with Crippen LogP contribution >= 0.6 is 0 Å². The summed E-state index contributed by atoms with van der Waals surface area (Å²) in [5.41, 5.74) is 2.57. The lowest BCUT2D eigenvalue weighted by Crippen LogP contribution is -2.43. The van der Waals surface area contributed by atoms with E-state index in [-0.39, 0.29) is 11.9 Å². The van der Waals surface area contributed by atoms with Crippen LogP contribution < -0.4 is 10.0 Å². The molecule has 0 saturated carbocycles. The number of nitrogens with one attached hydrogen (secondary N) is 2. The van der Waals surface area contributed by atoms with E-state index in [0.717, 1.165) is 21.9 Å². The third-order valence-corrected chi connectivity index (χ3v) is 7.22. The fourth-order valence-corrected chi connectivity index (χ4v) is 5.09. The second-order valence-corrected chi connectivity index (χ2v) is 9.58. The molecule has 1 saturated heterocycles. The Hall–Kier alpha value is -2.94. The van der Waals surface area contributed by atoms with Crippen LogP contribution in [0.5, 0.6) is 0 Å². The van der Waals surface area contributed by atoms with Crippen molar-refractivity contribution in [2.75, 3.05) is 31.0 Å². The number of fused-ring (bicyclic) bond motifs is 1. The van der Waals surface area contributed by atoms with Crippen LogP contribution in [0.4, 0.5) is 5.69 Å². The van der Waals surface area contributed by atoms with E-state index in [2.05, 4.69) is 10.0 Å². The van der Waals surface area contributed by atoms with Gasteiger partial charge in [0.25, 0.3) is 5.91 Å². The Labute approximate surface area is 188 Å². The smallest absolute Gasteiger partial charge is 0.301 e. The van der Waals surface area contributed by atoms with Crippen LogP contribution in [0.15, 0.2) is 60.7 Å². The zero-order valence-electron chi connectivity index (χ0n) is 18.2. The van der Waals surface area contributed by atoms with Gasteiger partial charge in [0.1, 0.15) is 0 Å².